The molecule has 2 saturated heterocycles. The maximum absolute atomic E-state index is 11.0. The molecule has 2 fully saturated rings. The second-order valence-electron chi connectivity index (χ2n) is 4.03. The molecule has 0 unspecified atom stereocenters. The molecule has 4 nitrogen and oxygen atoms in total. The lowest BCUT2D eigenvalue weighted by atomic mass is 10.0. The van der Waals surface area contributed by atoms with E-state index in [1.807, 2.05) is 6.08 Å². The highest BCUT2D eigenvalue weighted by atomic mass is 16.4. The lowest BCUT2D eigenvalue weighted by molar-refractivity contribution is 0.0917. The Morgan fingerprint density at radius 3 is 3.07 bits per heavy atom. The molecule has 4 heteroatoms. The van der Waals surface area contributed by atoms with Crippen LogP contribution in [0.25, 0.3) is 0 Å². The van der Waals surface area contributed by atoms with E-state index < -0.39 is 6.09 Å². The monoisotopic (exact) mass is 196 g/mol. The van der Waals surface area contributed by atoms with Gasteiger partial charge in [0.2, 0.25) is 0 Å². The number of hydrogen-bond donors (Lipinski definition) is 2. The molecule has 0 radical (unpaired) electrons. The average Bonchev–Trinajstić information content (AvgIpc) is 2.47. The second kappa shape index (κ2) is 3.61. The van der Waals surface area contributed by atoms with Crippen molar-refractivity contribution in [2.75, 3.05) is 6.54 Å². The number of hydrogen-bond acceptors (Lipinski definition) is 2. The van der Waals surface area contributed by atoms with Gasteiger partial charge in [-0.25, -0.2) is 4.79 Å². The molecule has 1 amide bonds. The standard InChI is InChI=1S/C10H16N2O2/c1-2-3-8-9-5-4-7(6-11-8)12(9)10(13)14/h2,7-9,11H,1,3-6H2,(H,13,14)/t7-,8-,9+/m1/s1. The summed E-state index contributed by atoms with van der Waals surface area (Å²) in [7, 11) is 0. The van der Waals surface area contributed by atoms with E-state index in [1.54, 1.807) is 4.90 Å². The van der Waals surface area contributed by atoms with E-state index in [4.69, 9.17) is 5.11 Å². The van der Waals surface area contributed by atoms with Crippen molar-refractivity contribution in [3.8, 4) is 0 Å². The first-order chi connectivity index (χ1) is 6.74. The molecule has 2 aliphatic heterocycles. The van der Waals surface area contributed by atoms with Gasteiger partial charge in [0.1, 0.15) is 0 Å². The molecule has 2 bridgehead atoms. The van der Waals surface area contributed by atoms with Crippen LogP contribution in [0.1, 0.15) is 19.3 Å². The van der Waals surface area contributed by atoms with Crippen LogP contribution >= 0.6 is 0 Å². The Bertz CT molecular complexity index is 255. The first kappa shape index (κ1) is 9.52. The van der Waals surface area contributed by atoms with Crippen molar-refractivity contribution in [1.29, 1.82) is 0 Å². The van der Waals surface area contributed by atoms with Gasteiger partial charge < -0.3 is 10.4 Å². The van der Waals surface area contributed by atoms with Gasteiger partial charge in [0.15, 0.2) is 0 Å². The van der Waals surface area contributed by atoms with E-state index in [0.29, 0.717) is 0 Å². The van der Waals surface area contributed by atoms with Crippen LogP contribution in [0, 0.1) is 0 Å². The van der Waals surface area contributed by atoms with Crippen LogP contribution in [0.15, 0.2) is 12.7 Å². The van der Waals surface area contributed by atoms with Gasteiger partial charge in [0, 0.05) is 18.6 Å². The number of carboxylic acid groups (broad SMARTS) is 1. The van der Waals surface area contributed by atoms with Crippen LogP contribution < -0.4 is 5.32 Å². The van der Waals surface area contributed by atoms with Gasteiger partial charge in [-0.15, -0.1) is 6.58 Å². The van der Waals surface area contributed by atoms with Crippen LogP contribution in [0.3, 0.4) is 0 Å². The van der Waals surface area contributed by atoms with Crippen LogP contribution in [0.5, 0.6) is 0 Å². The fourth-order valence-electron chi connectivity index (χ4n) is 2.65. The Morgan fingerprint density at radius 2 is 2.43 bits per heavy atom. The van der Waals surface area contributed by atoms with E-state index in [2.05, 4.69) is 11.9 Å². The molecule has 14 heavy (non-hydrogen) atoms. The van der Waals surface area contributed by atoms with Gasteiger partial charge >= 0.3 is 6.09 Å². The second-order valence-corrected chi connectivity index (χ2v) is 4.03. The minimum Gasteiger partial charge on any atom is -0.465 e. The van der Waals surface area contributed by atoms with Gasteiger partial charge in [0.25, 0.3) is 0 Å². The maximum atomic E-state index is 11.0. The lowest BCUT2D eigenvalue weighted by Crippen LogP contribution is -2.59. The number of rotatable bonds is 2. The highest BCUT2D eigenvalue weighted by Crippen LogP contribution is 2.30. The Labute approximate surface area is 83.6 Å². The minimum absolute atomic E-state index is 0.157. The zero-order valence-electron chi connectivity index (χ0n) is 8.15. The predicted molar refractivity (Wildman–Crippen MR) is 53.3 cm³/mol. The molecule has 0 saturated carbocycles. The molecule has 0 aromatic heterocycles. The number of carbonyl (C=O) groups is 1. The van der Waals surface area contributed by atoms with E-state index in [0.717, 1.165) is 25.8 Å². The van der Waals surface area contributed by atoms with Gasteiger partial charge in [-0.3, -0.25) is 4.90 Å². The zero-order valence-corrected chi connectivity index (χ0v) is 8.15. The molecule has 0 aliphatic carbocycles. The Morgan fingerprint density at radius 1 is 1.64 bits per heavy atom. The summed E-state index contributed by atoms with van der Waals surface area (Å²) in [4.78, 5) is 12.7. The summed E-state index contributed by atoms with van der Waals surface area (Å²) in [6, 6.07) is 0.616. The van der Waals surface area contributed by atoms with E-state index in [1.165, 1.54) is 0 Å². The first-order valence-electron chi connectivity index (χ1n) is 5.09. The molecule has 2 aliphatic rings. The van der Waals surface area contributed by atoms with Crippen LogP contribution in [-0.2, 0) is 0 Å². The molecule has 2 heterocycles. The van der Waals surface area contributed by atoms with Gasteiger partial charge in [-0.2, -0.15) is 0 Å². The van der Waals surface area contributed by atoms with Crippen molar-refractivity contribution in [1.82, 2.24) is 10.2 Å². The summed E-state index contributed by atoms with van der Waals surface area (Å²) in [5.74, 6) is 0. The molecule has 0 aromatic carbocycles. The predicted octanol–water partition coefficient (Wildman–Crippen LogP) is 1.05. The quantitative estimate of drug-likeness (QED) is 0.649. The molecular weight excluding hydrogens is 180 g/mol. The zero-order chi connectivity index (χ0) is 10.1. The van der Waals surface area contributed by atoms with Crippen molar-refractivity contribution < 1.29 is 9.90 Å². The number of nitrogens with zero attached hydrogens (tertiary/aromatic N) is 1. The Kier molecular flexibility index (Phi) is 2.46. The summed E-state index contributed by atoms with van der Waals surface area (Å²) in [5.41, 5.74) is 0. The molecular formula is C10H16N2O2. The number of nitrogens with one attached hydrogen (secondary N) is 1. The average molecular weight is 196 g/mol. The number of fused-ring (bicyclic) bond motifs is 2. The molecule has 2 rings (SSSR count). The van der Waals surface area contributed by atoms with E-state index >= 15 is 0 Å². The third kappa shape index (κ3) is 1.39. The summed E-state index contributed by atoms with van der Waals surface area (Å²) >= 11 is 0. The maximum Gasteiger partial charge on any atom is 0.407 e. The fraction of sp³-hybridized carbons (Fsp3) is 0.700. The number of amides is 1. The fourth-order valence-corrected chi connectivity index (χ4v) is 2.65. The molecule has 3 atom stereocenters. The van der Waals surface area contributed by atoms with Crippen LogP contribution in [0.2, 0.25) is 0 Å². The Balaban J connectivity index is 2.12. The summed E-state index contributed by atoms with van der Waals surface area (Å²) in [6.45, 7) is 4.49. The van der Waals surface area contributed by atoms with E-state index in [-0.39, 0.29) is 18.1 Å². The van der Waals surface area contributed by atoms with Crippen LogP contribution in [-0.4, -0.2) is 40.8 Å². The minimum atomic E-state index is -0.770. The molecule has 78 valence electrons. The first-order valence-corrected chi connectivity index (χ1v) is 5.09. The van der Waals surface area contributed by atoms with E-state index in [9.17, 15) is 4.79 Å². The molecule has 0 aromatic rings. The van der Waals surface area contributed by atoms with Crippen molar-refractivity contribution in [2.24, 2.45) is 0 Å². The smallest absolute Gasteiger partial charge is 0.407 e. The summed E-state index contributed by atoms with van der Waals surface area (Å²) in [5, 5.41) is 12.5. The molecule has 2 N–H and O–H groups in total. The van der Waals surface area contributed by atoms with Gasteiger partial charge in [-0.05, 0) is 19.3 Å². The topological polar surface area (TPSA) is 52.6 Å². The Hall–Kier alpha value is -1.03. The number of piperazine rings is 1. The third-order valence-corrected chi connectivity index (χ3v) is 3.27. The van der Waals surface area contributed by atoms with Crippen molar-refractivity contribution in [3.63, 3.8) is 0 Å². The largest absolute Gasteiger partial charge is 0.465 e. The van der Waals surface area contributed by atoms with Crippen molar-refractivity contribution in [2.45, 2.75) is 37.4 Å². The van der Waals surface area contributed by atoms with Crippen molar-refractivity contribution in [3.05, 3.63) is 12.7 Å². The summed E-state index contributed by atoms with van der Waals surface area (Å²) in [6.07, 6.45) is 3.92. The highest BCUT2D eigenvalue weighted by molar-refractivity contribution is 5.66. The summed E-state index contributed by atoms with van der Waals surface area (Å²) < 4.78 is 0. The lowest BCUT2D eigenvalue weighted by Gasteiger charge is -2.38. The van der Waals surface area contributed by atoms with Gasteiger partial charge in [-0.1, -0.05) is 6.08 Å². The van der Waals surface area contributed by atoms with Crippen LogP contribution in [0.4, 0.5) is 4.79 Å². The van der Waals surface area contributed by atoms with Gasteiger partial charge in [0.05, 0.1) is 6.04 Å². The highest BCUT2D eigenvalue weighted by Gasteiger charge is 2.44. The molecule has 0 spiro atoms. The van der Waals surface area contributed by atoms with Crippen molar-refractivity contribution >= 4 is 6.09 Å². The normalized spacial score (nSPS) is 35.7. The third-order valence-electron chi connectivity index (χ3n) is 3.27. The SMILES string of the molecule is C=CC[C@H]1NC[C@H]2CC[C@@H]1N2C(=O)O.